The zero-order valence-corrected chi connectivity index (χ0v) is 23.1. The number of primary amides is 1. The van der Waals surface area contributed by atoms with Crippen LogP contribution in [0.3, 0.4) is 0 Å². The van der Waals surface area contributed by atoms with E-state index >= 15 is 0 Å². The van der Waals surface area contributed by atoms with E-state index < -0.39 is 11.5 Å². The highest BCUT2D eigenvalue weighted by atomic mass is 16.5. The fraction of sp³-hybridized carbons (Fsp3) is 0.577. The predicted octanol–water partition coefficient (Wildman–Crippen LogP) is 2.59. The van der Waals surface area contributed by atoms with Crippen molar-refractivity contribution >= 4 is 35.1 Å². The average Bonchev–Trinajstić information content (AvgIpc) is 2.77. The normalized spacial score (nSPS) is 19.9. The number of amides is 2. The summed E-state index contributed by atoms with van der Waals surface area (Å²) >= 11 is 0. The molecule has 0 atom stereocenters. The number of ether oxygens (including phenoxy) is 2. The molecule has 12 heteroatoms. The summed E-state index contributed by atoms with van der Waals surface area (Å²) in [5.74, 6) is 0.684. The summed E-state index contributed by atoms with van der Waals surface area (Å²) in [4.78, 5) is 39.9. The molecule has 0 aliphatic carbocycles. The molecule has 0 bridgehead atoms. The Morgan fingerprint density at radius 1 is 1.18 bits per heavy atom. The van der Waals surface area contributed by atoms with Crippen LogP contribution in [0.15, 0.2) is 18.5 Å². The fourth-order valence-electron chi connectivity index (χ4n) is 5.39. The second-order valence-electron chi connectivity index (χ2n) is 11.7. The quantitative estimate of drug-likeness (QED) is 0.403. The summed E-state index contributed by atoms with van der Waals surface area (Å²) in [6.07, 6.45) is 4.65. The summed E-state index contributed by atoms with van der Waals surface area (Å²) in [5, 5.41) is 10.2. The minimum absolute atomic E-state index is 0.0683. The van der Waals surface area contributed by atoms with Gasteiger partial charge in [0, 0.05) is 36.5 Å². The predicted molar refractivity (Wildman–Crippen MR) is 145 cm³/mol. The number of aromatic nitrogens is 3. The second kappa shape index (κ2) is 9.99. The fourth-order valence-corrected chi connectivity index (χ4v) is 5.39. The maximum atomic E-state index is 12.9. The van der Waals surface area contributed by atoms with Crippen LogP contribution in [0.5, 0.6) is 5.75 Å². The molecule has 0 spiro atoms. The third kappa shape index (κ3) is 5.97. The third-order valence-electron chi connectivity index (χ3n) is 6.57. The van der Waals surface area contributed by atoms with Gasteiger partial charge in [-0.1, -0.05) is 0 Å². The van der Waals surface area contributed by atoms with Crippen LogP contribution in [0.4, 0.5) is 23.3 Å². The molecule has 2 aliphatic rings. The number of methoxy groups -OCH3 is 1. The molecule has 0 radical (unpaired) electrons. The van der Waals surface area contributed by atoms with Crippen molar-refractivity contribution in [3.63, 3.8) is 0 Å². The smallest absolute Gasteiger partial charge is 0.271 e. The summed E-state index contributed by atoms with van der Waals surface area (Å²) in [6.45, 7) is 12.8. The van der Waals surface area contributed by atoms with E-state index in [2.05, 4.69) is 58.6 Å². The highest BCUT2D eigenvalue weighted by Gasteiger charge is 2.42. The van der Waals surface area contributed by atoms with Crippen molar-refractivity contribution in [1.29, 1.82) is 0 Å². The van der Waals surface area contributed by atoms with Gasteiger partial charge >= 0.3 is 0 Å². The van der Waals surface area contributed by atoms with Gasteiger partial charge in [0.05, 0.1) is 30.6 Å². The highest BCUT2D eigenvalue weighted by molar-refractivity contribution is 6.01. The Bertz CT molecular complexity index is 1210. The van der Waals surface area contributed by atoms with Crippen LogP contribution >= 0.6 is 0 Å². The van der Waals surface area contributed by atoms with Gasteiger partial charge in [0.2, 0.25) is 5.95 Å². The molecule has 4 rings (SSSR count). The van der Waals surface area contributed by atoms with Crippen molar-refractivity contribution in [2.45, 2.75) is 77.1 Å². The number of nitrogens with two attached hydrogens (primary N) is 1. The van der Waals surface area contributed by atoms with Gasteiger partial charge in [-0.25, -0.2) is 9.97 Å². The molecule has 1 fully saturated rings. The van der Waals surface area contributed by atoms with Crippen molar-refractivity contribution in [2.24, 2.45) is 5.73 Å². The van der Waals surface area contributed by atoms with Gasteiger partial charge in [0.25, 0.3) is 11.8 Å². The average molecular weight is 527 g/mol. The van der Waals surface area contributed by atoms with Crippen molar-refractivity contribution < 1.29 is 19.1 Å². The molecule has 12 nitrogen and oxygen atoms in total. The van der Waals surface area contributed by atoms with Crippen molar-refractivity contribution in [3.05, 3.63) is 24.0 Å². The van der Waals surface area contributed by atoms with E-state index in [-0.39, 0.29) is 34.5 Å². The number of anilines is 4. The van der Waals surface area contributed by atoms with Crippen LogP contribution in [0.25, 0.3) is 0 Å². The Balaban J connectivity index is 1.60. The van der Waals surface area contributed by atoms with Gasteiger partial charge in [-0.3, -0.25) is 14.5 Å². The topological polar surface area (TPSA) is 157 Å². The number of carbonyl (C=O) groups excluding carboxylic acids is 2. The van der Waals surface area contributed by atoms with Crippen LogP contribution in [-0.4, -0.2) is 69.7 Å². The number of hydrogen-bond donors (Lipinski definition) is 4. The van der Waals surface area contributed by atoms with Crippen LogP contribution in [0, 0.1) is 0 Å². The van der Waals surface area contributed by atoms with Gasteiger partial charge in [-0.2, -0.15) is 4.98 Å². The van der Waals surface area contributed by atoms with Crippen molar-refractivity contribution in [1.82, 2.24) is 20.3 Å². The molecule has 1 saturated heterocycles. The first kappa shape index (κ1) is 27.5. The van der Waals surface area contributed by atoms with Gasteiger partial charge in [-0.15, -0.1) is 0 Å². The molecule has 38 heavy (non-hydrogen) atoms. The third-order valence-corrected chi connectivity index (χ3v) is 6.57. The van der Waals surface area contributed by atoms with Gasteiger partial charge < -0.3 is 31.2 Å². The Hall–Kier alpha value is -3.51. The molecule has 206 valence electrons. The van der Waals surface area contributed by atoms with E-state index in [0.29, 0.717) is 36.2 Å². The highest BCUT2D eigenvalue weighted by Crippen LogP contribution is 2.38. The maximum Gasteiger partial charge on any atom is 0.271 e. The standard InChI is InChI=1S/C26H38N8O4/c1-24(2)11-16(12-25(3,4)33-24)30-20-17(19(27)35)14-29-23(32-20)31-15-10-18-21(28-13-15)34(8-9-37-7)22(36)26(5,6)38-18/h10,13-14,16,33H,8-9,11-12H2,1-7H3,(H2,27,35)(H2,29,30,31,32). The van der Waals surface area contributed by atoms with Crippen molar-refractivity contribution in [3.8, 4) is 5.75 Å². The molecule has 0 aromatic carbocycles. The Labute approximate surface area is 223 Å². The largest absolute Gasteiger partial charge is 0.474 e. The number of fused-ring (bicyclic) bond motifs is 1. The molecular formula is C26H38N8O4. The zero-order chi connectivity index (χ0) is 27.9. The lowest BCUT2D eigenvalue weighted by molar-refractivity contribution is -0.132. The van der Waals surface area contributed by atoms with E-state index in [1.54, 1.807) is 38.1 Å². The van der Waals surface area contributed by atoms with Crippen LogP contribution in [-0.2, 0) is 9.53 Å². The van der Waals surface area contributed by atoms with Crippen LogP contribution < -0.4 is 31.3 Å². The number of nitrogens with zero attached hydrogens (tertiary/aromatic N) is 4. The molecule has 2 amide bonds. The molecule has 0 unspecified atom stereocenters. The first-order valence-electron chi connectivity index (χ1n) is 12.7. The van der Waals surface area contributed by atoms with E-state index in [1.807, 2.05) is 0 Å². The lowest BCUT2D eigenvalue weighted by atomic mass is 9.79. The molecule has 2 aliphatic heterocycles. The SMILES string of the molecule is COCCN1C(=O)C(C)(C)Oc2cc(Nc3ncc(C(N)=O)c(NC4CC(C)(C)NC(C)(C)C4)n3)cnc21. The van der Waals surface area contributed by atoms with E-state index in [4.69, 9.17) is 15.2 Å². The number of rotatable bonds is 8. The van der Waals surface area contributed by atoms with Crippen LogP contribution in [0.2, 0.25) is 0 Å². The minimum atomic E-state index is -1.06. The Kier molecular flexibility index (Phi) is 7.23. The molecular weight excluding hydrogens is 488 g/mol. The molecule has 0 saturated carbocycles. The maximum absolute atomic E-state index is 12.9. The van der Waals surface area contributed by atoms with Crippen molar-refractivity contribution in [2.75, 3.05) is 35.8 Å². The van der Waals surface area contributed by atoms with Gasteiger partial charge in [-0.05, 0) is 54.4 Å². The number of carbonyl (C=O) groups is 2. The monoisotopic (exact) mass is 526 g/mol. The Morgan fingerprint density at radius 3 is 2.50 bits per heavy atom. The first-order chi connectivity index (χ1) is 17.7. The van der Waals surface area contributed by atoms with Gasteiger partial charge in [0.15, 0.2) is 17.2 Å². The lowest BCUT2D eigenvalue weighted by Gasteiger charge is -2.46. The number of nitrogens with one attached hydrogen (secondary N) is 3. The van der Waals surface area contributed by atoms with Crippen LogP contribution in [0.1, 0.15) is 64.7 Å². The molecule has 2 aromatic rings. The lowest BCUT2D eigenvalue weighted by Crippen LogP contribution is -2.60. The molecule has 5 N–H and O–H groups in total. The zero-order valence-electron chi connectivity index (χ0n) is 23.1. The summed E-state index contributed by atoms with van der Waals surface area (Å²) < 4.78 is 11.1. The van der Waals surface area contributed by atoms with E-state index in [9.17, 15) is 9.59 Å². The second-order valence-corrected chi connectivity index (χ2v) is 11.7. The summed E-state index contributed by atoms with van der Waals surface area (Å²) in [6, 6.07) is 1.81. The Morgan fingerprint density at radius 2 is 1.87 bits per heavy atom. The minimum Gasteiger partial charge on any atom is -0.474 e. The van der Waals surface area contributed by atoms with E-state index in [1.165, 1.54) is 6.20 Å². The summed E-state index contributed by atoms with van der Waals surface area (Å²) in [7, 11) is 1.58. The number of hydrogen-bond acceptors (Lipinski definition) is 10. The molecule has 2 aromatic heterocycles. The number of piperidine rings is 1. The first-order valence-corrected chi connectivity index (χ1v) is 12.7. The van der Waals surface area contributed by atoms with E-state index in [0.717, 1.165) is 12.8 Å². The van der Waals surface area contributed by atoms with Gasteiger partial charge in [0.1, 0.15) is 5.82 Å². The molecule has 4 heterocycles. The summed E-state index contributed by atoms with van der Waals surface area (Å²) in [5.41, 5.74) is 5.15. The number of pyridine rings is 1.